The minimum Gasteiger partial charge on any atom is -0.396 e. The molecule has 3 nitrogen and oxygen atoms in total. The van der Waals surface area contributed by atoms with Gasteiger partial charge in [-0.3, -0.25) is 0 Å². The lowest BCUT2D eigenvalue weighted by Crippen LogP contribution is -2.08. The Morgan fingerprint density at radius 3 is 2.41 bits per heavy atom. The molecule has 5 heteroatoms. The number of rotatable bonds is 9. The number of aliphatic hydroxyl groups excluding tert-OH is 1. The van der Waals surface area contributed by atoms with Crippen LogP contribution in [0, 0.1) is 12.7 Å². The minimum absolute atomic E-state index is 0.143. The molecule has 0 saturated heterocycles. The van der Waals surface area contributed by atoms with Gasteiger partial charge in [0.25, 0.3) is 0 Å². The molecule has 1 N–H and O–H groups in total. The van der Waals surface area contributed by atoms with Gasteiger partial charge >= 0.3 is 0 Å². The number of ether oxygens (including phenoxy) is 1. The van der Waals surface area contributed by atoms with Gasteiger partial charge < -0.3 is 14.4 Å². The lowest BCUT2D eigenvalue weighted by Gasteiger charge is -2.15. The third-order valence-corrected chi connectivity index (χ3v) is 5.85. The maximum atomic E-state index is 13.5. The van der Waals surface area contributed by atoms with Crippen LogP contribution in [0.5, 0.6) is 0 Å². The number of hydrogen-bond acceptors (Lipinski definition) is 3. The molecule has 2 aromatic carbocycles. The second kappa shape index (κ2) is 10.1. The zero-order chi connectivity index (χ0) is 20.8. The van der Waals surface area contributed by atoms with Crippen LogP contribution in [0.4, 0.5) is 4.39 Å². The van der Waals surface area contributed by atoms with E-state index in [0.29, 0.717) is 19.6 Å². The Kier molecular flexibility index (Phi) is 7.53. The third kappa shape index (κ3) is 5.10. The van der Waals surface area contributed by atoms with Gasteiger partial charge in [-0.15, -0.1) is 11.8 Å². The number of halogens is 1. The standard InChI is InChI=1S/C24H28FNO2S/c1-17(16-28-14-4-13-27)23-15-24(19-5-11-22(29-3)12-6-19)26(18(23)2)21-9-7-20(25)8-10-21/h5-12,15,17,27H,4,13-14,16H2,1-3H3. The second-order valence-corrected chi connectivity index (χ2v) is 8.04. The lowest BCUT2D eigenvalue weighted by molar-refractivity contribution is 0.107. The molecular formula is C24H28FNO2S. The maximum absolute atomic E-state index is 13.5. The monoisotopic (exact) mass is 413 g/mol. The third-order valence-electron chi connectivity index (χ3n) is 5.10. The van der Waals surface area contributed by atoms with Gasteiger partial charge in [0.2, 0.25) is 0 Å². The van der Waals surface area contributed by atoms with Crippen molar-refractivity contribution < 1.29 is 14.2 Å². The summed E-state index contributed by atoms with van der Waals surface area (Å²) in [4.78, 5) is 1.22. The Labute approximate surface area is 176 Å². The van der Waals surface area contributed by atoms with Crippen LogP contribution in [0.2, 0.25) is 0 Å². The predicted molar refractivity (Wildman–Crippen MR) is 119 cm³/mol. The van der Waals surface area contributed by atoms with E-state index in [4.69, 9.17) is 9.84 Å². The fourth-order valence-electron chi connectivity index (χ4n) is 3.54. The van der Waals surface area contributed by atoms with E-state index >= 15 is 0 Å². The molecule has 0 saturated carbocycles. The van der Waals surface area contributed by atoms with E-state index in [2.05, 4.69) is 55.0 Å². The summed E-state index contributed by atoms with van der Waals surface area (Å²) >= 11 is 1.72. The van der Waals surface area contributed by atoms with Crippen molar-refractivity contribution in [2.45, 2.75) is 31.1 Å². The van der Waals surface area contributed by atoms with Crippen LogP contribution in [0.3, 0.4) is 0 Å². The van der Waals surface area contributed by atoms with E-state index in [0.717, 1.165) is 22.6 Å². The molecule has 29 heavy (non-hydrogen) atoms. The minimum atomic E-state index is -0.240. The van der Waals surface area contributed by atoms with Gasteiger partial charge in [-0.05, 0) is 73.2 Å². The molecule has 0 aliphatic heterocycles. The summed E-state index contributed by atoms with van der Waals surface area (Å²) in [6.45, 7) is 5.55. The summed E-state index contributed by atoms with van der Waals surface area (Å²) in [5.41, 5.74) is 5.47. The van der Waals surface area contributed by atoms with Crippen LogP contribution in [0.15, 0.2) is 59.5 Å². The van der Waals surface area contributed by atoms with Crippen molar-refractivity contribution in [3.63, 3.8) is 0 Å². The molecule has 0 aliphatic rings. The zero-order valence-electron chi connectivity index (χ0n) is 17.2. The Balaban J connectivity index is 2.01. The van der Waals surface area contributed by atoms with Crippen molar-refractivity contribution in [1.82, 2.24) is 4.57 Å². The van der Waals surface area contributed by atoms with Crippen LogP contribution in [-0.2, 0) is 4.74 Å². The first kappa shape index (κ1) is 21.6. The molecule has 0 bridgehead atoms. The fraction of sp³-hybridized carbons (Fsp3) is 0.333. The normalized spacial score (nSPS) is 12.3. The Morgan fingerprint density at radius 2 is 1.79 bits per heavy atom. The molecular weight excluding hydrogens is 385 g/mol. The number of aliphatic hydroxyl groups is 1. The number of hydrogen-bond donors (Lipinski definition) is 1. The lowest BCUT2D eigenvalue weighted by atomic mass is 10.0. The molecule has 0 amide bonds. The van der Waals surface area contributed by atoms with E-state index in [1.807, 2.05) is 12.1 Å². The summed E-state index contributed by atoms with van der Waals surface area (Å²) in [6, 6.07) is 17.3. The Morgan fingerprint density at radius 1 is 1.10 bits per heavy atom. The van der Waals surface area contributed by atoms with Crippen LogP contribution in [-0.4, -0.2) is 35.8 Å². The Hall–Kier alpha value is -2.08. The maximum Gasteiger partial charge on any atom is 0.123 e. The van der Waals surface area contributed by atoms with Gasteiger partial charge in [0.15, 0.2) is 0 Å². The van der Waals surface area contributed by atoms with Crippen LogP contribution >= 0.6 is 11.8 Å². The highest BCUT2D eigenvalue weighted by atomic mass is 32.2. The van der Waals surface area contributed by atoms with Gasteiger partial charge in [-0.2, -0.15) is 0 Å². The van der Waals surface area contributed by atoms with E-state index in [1.54, 1.807) is 11.8 Å². The van der Waals surface area contributed by atoms with Gasteiger partial charge in [-0.25, -0.2) is 4.39 Å². The SMILES string of the molecule is CSc1ccc(-c2cc(C(C)COCCCO)c(C)n2-c2ccc(F)cc2)cc1. The first-order valence-electron chi connectivity index (χ1n) is 9.86. The number of aromatic nitrogens is 1. The van der Waals surface area contributed by atoms with Crippen molar-refractivity contribution in [1.29, 1.82) is 0 Å². The number of nitrogens with zero attached hydrogens (tertiary/aromatic N) is 1. The molecule has 1 unspecified atom stereocenters. The average molecular weight is 414 g/mol. The average Bonchev–Trinajstić information content (AvgIpc) is 3.09. The Bertz CT molecular complexity index is 919. The van der Waals surface area contributed by atoms with Gasteiger partial charge in [0.05, 0.1) is 12.3 Å². The molecule has 0 fully saturated rings. The van der Waals surface area contributed by atoms with Crippen LogP contribution < -0.4 is 0 Å². The van der Waals surface area contributed by atoms with Crippen molar-refractivity contribution in [3.8, 4) is 16.9 Å². The largest absolute Gasteiger partial charge is 0.396 e. The van der Waals surface area contributed by atoms with E-state index in [1.165, 1.54) is 22.6 Å². The summed E-state index contributed by atoms with van der Waals surface area (Å²) in [7, 11) is 0. The van der Waals surface area contributed by atoms with E-state index in [-0.39, 0.29) is 18.3 Å². The topological polar surface area (TPSA) is 34.4 Å². The van der Waals surface area contributed by atoms with Crippen molar-refractivity contribution >= 4 is 11.8 Å². The van der Waals surface area contributed by atoms with Gasteiger partial charge in [0, 0.05) is 35.4 Å². The highest BCUT2D eigenvalue weighted by molar-refractivity contribution is 7.98. The summed E-state index contributed by atoms with van der Waals surface area (Å²) in [6.07, 6.45) is 2.71. The van der Waals surface area contributed by atoms with Gasteiger partial charge in [-0.1, -0.05) is 19.1 Å². The molecule has 0 radical (unpaired) electrons. The molecule has 1 heterocycles. The predicted octanol–water partition coefficient (Wildman–Crippen LogP) is 5.82. The van der Waals surface area contributed by atoms with Crippen LogP contribution in [0.1, 0.15) is 30.5 Å². The fourth-order valence-corrected chi connectivity index (χ4v) is 3.95. The molecule has 1 aromatic heterocycles. The van der Waals surface area contributed by atoms with E-state index < -0.39 is 0 Å². The highest BCUT2D eigenvalue weighted by Gasteiger charge is 2.19. The molecule has 3 rings (SSSR count). The quantitative estimate of drug-likeness (QED) is 0.355. The summed E-state index contributed by atoms with van der Waals surface area (Å²) in [5, 5.41) is 8.93. The molecule has 0 spiro atoms. The van der Waals surface area contributed by atoms with Crippen molar-refractivity contribution in [2.75, 3.05) is 26.1 Å². The highest BCUT2D eigenvalue weighted by Crippen LogP contribution is 2.34. The van der Waals surface area contributed by atoms with E-state index in [9.17, 15) is 4.39 Å². The number of benzene rings is 2. The first-order chi connectivity index (χ1) is 14.0. The second-order valence-electron chi connectivity index (χ2n) is 7.16. The van der Waals surface area contributed by atoms with Crippen LogP contribution in [0.25, 0.3) is 16.9 Å². The number of thioether (sulfide) groups is 1. The zero-order valence-corrected chi connectivity index (χ0v) is 18.0. The summed E-state index contributed by atoms with van der Waals surface area (Å²) in [5.74, 6) is -0.0325. The molecule has 1 atom stereocenters. The molecule has 3 aromatic rings. The molecule has 154 valence electrons. The van der Waals surface area contributed by atoms with Crippen molar-refractivity contribution in [3.05, 3.63) is 71.7 Å². The van der Waals surface area contributed by atoms with Gasteiger partial charge in [0.1, 0.15) is 5.82 Å². The van der Waals surface area contributed by atoms with Crippen molar-refractivity contribution in [2.24, 2.45) is 0 Å². The molecule has 0 aliphatic carbocycles. The summed E-state index contributed by atoms with van der Waals surface area (Å²) < 4.78 is 21.4. The smallest absolute Gasteiger partial charge is 0.123 e. The first-order valence-corrected chi connectivity index (χ1v) is 11.1.